The van der Waals surface area contributed by atoms with Crippen molar-refractivity contribution in [3.05, 3.63) is 78.0 Å². The van der Waals surface area contributed by atoms with Crippen LogP contribution in [0.25, 0.3) is 10.8 Å². The van der Waals surface area contributed by atoms with Gasteiger partial charge in [-0.15, -0.1) is 0 Å². The minimum atomic E-state index is -2.79. The van der Waals surface area contributed by atoms with Gasteiger partial charge >= 0.3 is 0 Å². The topological polar surface area (TPSA) is 15.3 Å². The molecule has 0 saturated carbocycles. The summed E-state index contributed by atoms with van der Waals surface area (Å²) >= 11 is 0. The molecule has 0 amide bonds. The molecule has 2 aromatic rings. The SMILES string of the molecule is C=CC(F)(F)CCCNc1ccc(CC2=CC=C(N(CC)CC)CC2)c2ccccc12. The molecule has 0 atom stereocenters. The molecule has 0 spiro atoms. The molecule has 2 aromatic carbocycles. The molecule has 0 aliphatic heterocycles. The summed E-state index contributed by atoms with van der Waals surface area (Å²) < 4.78 is 26.7. The first kappa shape index (κ1) is 23.1. The van der Waals surface area contributed by atoms with Crippen LogP contribution in [-0.4, -0.2) is 30.5 Å². The van der Waals surface area contributed by atoms with Crippen LogP contribution in [0.15, 0.2) is 72.5 Å². The van der Waals surface area contributed by atoms with Gasteiger partial charge in [-0.25, -0.2) is 8.78 Å². The zero-order valence-corrected chi connectivity index (χ0v) is 18.8. The summed E-state index contributed by atoms with van der Waals surface area (Å²) in [6.07, 6.45) is 8.64. The maximum absolute atomic E-state index is 13.4. The van der Waals surface area contributed by atoms with Gasteiger partial charge in [-0.05, 0) is 68.7 Å². The molecule has 0 radical (unpaired) electrons. The molecule has 1 aliphatic carbocycles. The summed E-state index contributed by atoms with van der Waals surface area (Å²) in [5.41, 5.74) is 5.20. The Morgan fingerprint density at radius 2 is 1.77 bits per heavy atom. The molecule has 0 bridgehead atoms. The molecule has 0 heterocycles. The minimum Gasteiger partial charge on any atom is -0.385 e. The fraction of sp³-hybridized carbons (Fsp3) is 0.407. The molecule has 31 heavy (non-hydrogen) atoms. The molecule has 166 valence electrons. The summed E-state index contributed by atoms with van der Waals surface area (Å²) in [7, 11) is 0. The van der Waals surface area contributed by atoms with Crippen molar-refractivity contribution in [1.29, 1.82) is 0 Å². The van der Waals surface area contributed by atoms with Crippen LogP contribution >= 0.6 is 0 Å². The largest absolute Gasteiger partial charge is 0.385 e. The lowest BCUT2D eigenvalue weighted by atomic mass is 9.92. The molecule has 0 aromatic heterocycles. The summed E-state index contributed by atoms with van der Waals surface area (Å²) in [6.45, 7) is 10.2. The molecule has 3 rings (SSSR count). The normalized spacial score (nSPS) is 14.2. The van der Waals surface area contributed by atoms with Crippen LogP contribution in [0.5, 0.6) is 0 Å². The third-order valence-corrected chi connectivity index (χ3v) is 6.12. The van der Waals surface area contributed by atoms with Crippen LogP contribution in [0.3, 0.4) is 0 Å². The van der Waals surface area contributed by atoms with E-state index in [2.05, 4.69) is 73.1 Å². The van der Waals surface area contributed by atoms with Crippen molar-refractivity contribution in [2.24, 2.45) is 0 Å². The lowest BCUT2D eigenvalue weighted by Crippen LogP contribution is -2.23. The molecule has 2 nitrogen and oxygen atoms in total. The Bertz CT molecular complexity index is 955. The second kappa shape index (κ2) is 10.6. The molecular weight excluding hydrogens is 390 g/mol. The quantitative estimate of drug-likeness (QED) is 0.300. The van der Waals surface area contributed by atoms with Gasteiger partial charge in [0.1, 0.15) is 0 Å². The lowest BCUT2D eigenvalue weighted by molar-refractivity contribution is 0.0448. The summed E-state index contributed by atoms with van der Waals surface area (Å²) in [4.78, 5) is 2.42. The van der Waals surface area contributed by atoms with E-state index in [-0.39, 0.29) is 6.42 Å². The Morgan fingerprint density at radius 1 is 1.03 bits per heavy atom. The number of hydrogen-bond acceptors (Lipinski definition) is 2. The third kappa shape index (κ3) is 5.96. The van der Waals surface area contributed by atoms with E-state index >= 15 is 0 Å². The number of alkyl halides is 2. The summed E-state index contributed by atoms with van der Waals surface area (Å²) in [6, 6.07) is 12.6. The number of hydrogen-bond donors (Lipinski definition) is 1. The van der Waals surface area contributed by atoms with E-state index in [0.29, 0.717) is 13.0 Å². The first-order valence-corrected chi connectivity index (χ1v) is 11.4. The zero-order valence-electron chi connectivity index (χ0n) is 18.8. The number of anilines is 1. The first-order chi connectivity index (χ1) is 15.0. The fourth-order valence-corrected chi connectivity index (χ4v) is 4.27. The number of fused-ring (bicyclic) bond motifs is 1. The van der Waals surface area contributed by atoms with Gasteiger partial charge in [-0.1, -0.05) is 48.6 Å². The maximum Gasteiger partial charge on any atom is 0.266 e. The number of allylic oxidation sites excluding steroid dienone is 5. The van der Waals surface area contributed by atoms with Crippen molar-refractivity contribution in [3.63, 3.8) is 0 Å². The maximum atomic E-state index is 13.4. The Kier molecular flexibility index (Phi) is 7.89. The van der Waals surface area contributed by atoms with E-state index in [1.165, 1.54) is 22.2 Å². The van der Waals surface area contributed by atoms with Crippen molar-refractivity contribution in [2.45, 2.75) is 51.9 Å². The molecule has 0 unspecified atom stereocenters. The van der Waals surface area contributed by atoms with Gasteiger partial charge in [-0.2, -0.15) is 0 Å². The number of nitrogens with zero attached hydrogens (tertiary/aromatic N) is 1. The van der Waals surface area contributed by atoms with Crippen molar-refractivity contribution in [2.75, 3.05) is 25.0 Å². The Labute approximate surface area is 185 Å². The summed E-state index contributed by atoms with van der Waals surface area (Å²) in [5.74, 6) is -2.79. The van der Waals surface area contributed by atoms with Crippen LogP contribution in [0, 0.1) is 0 Å². The molecule has 1 aliphatic rings. The average Bonchev–Trinajstić information content (AvgIpc) is 2.80. The molecular formula is C27H34F2N2. The van der Waals surface area contributed by atoms with Crippen molar-refractivity contribution < 1.29 is 8.78 Å². The highest BCUT2D eigenvalue weighted by molar-refractivity contribution is 5.96. The van der Waals surface area contributed by atoms with Crippen LogP contribution in [-0.2, 0) is 6.42 Å². The summed E-state index contributed by atoms with van der Waals surface area (Å²) in [5, 5.41) is 5.72. The number of benzene rings is 2. The predicted molar refractivity (Wildman–Crippen MR) is 129 cm³/mol. The van der Waals surface area contributed by atoms with E-state index in [0.717, 1.165) is 49.5 Å². The fourth-order valence-electron chi connectivity index (χ4n) is 4.27. The number of rotatable bonds is 11. The Morgan fingerprint density at radius 3 is 2.42 bits per heavy atom. The highest BCUT2D eigenvalue weighted by atomic mass is 19.3. The van der Waals surface area contributed by atoms with E-state index < -0.39 is 5.92 Å². The van der Waals surface area contributed by atoms with Crippen molar-refractivity contribution in [1.82, 2.24) is 4.90 Å². The second-order valence-electron chi connectivity index (χ2n) is 8.15. The van der Waals surface area contributed by atoms with Gasteiger partial charge in [0.15, 0.2) is 0 Å². The van der Waals surface area contributed by atoms with Crippen LogP contribution < -0.4 is 5.32 Å². The van der Waals surface area contributed by atoms with Gasteiger partial charge in [0.2, 0.25) is 0 Å². The average molecular weight is 425 g/mol. The van der Waals surface area contributed by atoms with E-state index in [4.69, 9.17) is 0 Å². The van der Waals surface area contributed by atoms with Crippen molar-refractivity contribution in [3.8, 4) is 0 Å². The molecule has 1 N–H and O–H groups in total. The van der Waals surface area contributed by atoms with Gasteiger partial charge in [0.05, 0.1) is 0 Å². The third-order valence-electron chi connectivity index (χ3n) is 6.12. The van der Waals surface area contributed by atoms with Gasteiger partial charge in [-0.3, -0.25) is 0 Å². The van der Waals surface area contributed by atoms with Crippen LogP contribution in [0.4, 0.5) is 14.5 Å². The minimum absolute atomic E-state index is 0.184. The smallest absolute Gasteiger partial charge is 0.266 e. The van der Waals surface area contributed by atoms with Gasteiger partial charge < -0.3 is 10.2 Å². The van der Waals surface area contributed by atoms with E-state index in [1.54, 1.807) is 0 Å². The monoisotopic (exact) mass is 424 g/mol. The Balaban J connectivity index is 1.72. The van der Waals surface area contributed by atoms with E-state index in [1.807, 2.05) is 6.07 Å². The van der Waals surface area contributed by atoms with Gasteiger partial charge in [0, 0.05) is 42.8 Å². The van der Waals surface area contributed by atoms with Crippen molar-refractivity contribution >= 4 is 16.5 Å². The highest BCUT2D eigenvalue weighted by Crippen LogP contribution is 2.31. The van der Waals surface area contributed by atoms with Crippen LogP contribution in [0.2, 0.25) is 0 Å². The van der Waals surface area contributed by atoms with Crippen LogP contribution in [0.1, 0.15) is 45.1 Å². The van der Waals surface area contributed by atoms with Gasteiger partial charge in [0.25, 0.3) is 5.92 Å². The highest BCUT2D eigenvalue weighted by Gasteiger charge is 2.22. The number of halogens is 2. The first-order valence-electron chi connectivity index (χ1n) is 11.4. The molecule has 0 fully saturated rings. The standard InChI is InChI=1S/C27H34F2N2/c1-4-27(28,29)18-9-19-30-26-17-14-22(24-10-7-8-11-25(24)26)20-21-12-15-23(16-13-21)31(5-2)6-3/h4,7-8,10-12,14-15,17,30H,1,5-6,9,13,16,18-20H2,2-3H3. The zero-order chi connectivity index (χ0) is 22.3. The number of nitrogens with one attached hydrogen (secondary N) is 1. The molecule has 0 saturated heterocycles. The second-order valence-corrected chi connectivity index (χ2v) is 8.15. The Hall–Kier alpha value is -2.62. The lowest BCUT2D eigenvalue weighted by Gasteiger charge is -2.27. The predicted octanol–water partition coefficient (Wildman–Crippen LogP) is 7.34. The molecule has 4 heteroatoms. The van der Waals surface area contributed by atoms with E-state index in [9.17, 15) is 8.78 Å².